The monoisotopic (exact) mass is 367 g/mol. The number of imidazole rings is 1. The Balaban J connectivity index is 1.81. The maximum absolute atomic E-state index is 12.6. The first-order chi connectivity index (χ1) is 11.7. The van der Waals surface area contributed by atoms with Crippen LogP contribution in [0.3, 0.4) is 0 Å². The number of fused-ring (bicyclic) bond motifs is 1. The summed E-state index contributed by atoms with van der Waals surface area (Å²) in [5.74, 6) is 0. The van der Waals surface area contributed by atoms with Crippen molar-refractivity contribution >= 4 is 28.9 Å². The molecule has 9 heteroatoms. The van der Waals surface area contributed by atoms with Gasteiger partial charge in [0.05, 0.1) is 6.20 Å². The molecule has 3 heterocycles. The Morgan fingerprint density at radius 2 is 1.96 bits per heavy atom. The van der Waals surface area contributed by atoms with Crippen molar-refractivity contribution in [2.75, 3.05) is 13.1 Å². The van der Waals surface area contributed by atoms with E-state index < -0.39 is 5.60 Å². The number of carbonyl (C=O) groups is 1. The van der Waals surface area contributed by atoms with E-state index in [9.17, 15) is 9.59 Å². The molecule has 0 bridgehead atoms. The molecule has 0 saturated carbocycles. The number of aromatic nitrogens is 4. The summed E-state index contributed by atoms with van der Waals surface area (Å²) >= 11 is 5.90. The lowest BCUT2D eigenvalue weighted by Crippen LogP contribution is -2.43. The third-order valence-electron chi connectivity index (χ3n) is 4.28. The lowest BCUT2D eigenvalue weighted by atomic mass is 10.1. The Morgan fingerprint density at radius 1 is 1.32 bits per heavy atom. The zero-order valence-electron chi connectivity index (χ0n) is 14.8. The van der Waals surface area contributed by atoms with E-state index in [1.165, 1.54) is 4.57 Å². The predicted molar refractivity (Wildman–Crippen MR) is 93.9 cm³/mol. The number of piperidine rings is 1. The van der Waals surface area contributed by atoms with Crippen LogP contribution in [0.5, 0.6) is 0 Å². The van der Waals surface area contributed by atoms with E-state index in [-0.39, 0.29) is 23.1 Å². The van der Waals surface area contributed by atoms with Crippen LogP contribution in [-0.4, -0.2) is 48.8 Å². The number of hydrogen-bond donors (Lipinski definition) is 0. The minimum Gasteiger partial charge on any atom is -0.444 e. The second kappa shape index (κ2) is 6.33. The Bertz CT molecular complexity index is 859. The molecular weight excluding hydrogens is 346 g/mol. The molecule has 1 aliphatic rings. The van der Waals surface area contributed by atoms with Crippen molar-refractivity contribution in [2.24, 2.45) is 7.05 Å². The van der Waals surface area contributed by atoms with E-state index in [1.54, 1.807) is 22.7 Å². The molecule has 1 saturated heterocycles. The summed E-state index contributed by atoms with van der Waals surface area (Å²) < 4.78 is 8.59. The zero-order chi connectivity index (χ0) is 18.4. The fraction of sp³-hybridized carbons (Fsp3) is 0.625. The normalized spacial score (nSPS) is 16.4. The minimum atomic E-state index is -0.520. The van der Waals surface area contributed by atoms with E-state index >= 15 is 0 Å². The molecule has 0 radical (unpaired) electrons. The number of nitrogens with zero attached hydrogens (tertiary/aromatic N) is 5. The fourth-order valence-electron chi connectivity index (χ4n) is 3.08. The summed E-state index contributed by atoms with van der Waals surface area (Å²) in [4.78, 5) is 34.6. The van der Waals surface area contributed by atoms with Crippen molar-refractivity contribution in [3.05, 3.63) is 22.0 Å². The molecule has 0 unspecified atom stereocenters. The number of aryl methyl sites for hydroxylation is 1. The van der Waals surface area contributed by atoms with Gasteiger partial charge in [-0.15, -0.1) is 0 Å². The number of halogens is 1. The van der Waals surface area contributed by atoms with Crippen LogP contribution in [0.1, 0.15) is 39.7 Å². The molecule has 2 aromatic heterocycles. The van der Waals surface area contributed by atoms with Crippen molar-refractivity contribution in [3.8, 4) is 0 Å². The molecule has 0 N–H and O–H groups in total. The smallest absolute Gasteiger partial charge is 0.410 e. The van der Waals surface area contributed by atoms with Crippen molar-refractivity contribution < 1.29 is 9.53 Å². The van der Waals surface area contributed by atoms with Crippen molar-refractivity contribution in [3.63, 3.8) is 0 Å². The summed E-state index contributed by atoms with van der Waals surface area (Å²) in [5.41, 5.74) is 0.503. The number of likely N-dealkylation sites (tertiary alicyclic amines) is 1. The van der Waals surface area contributed by atoms with Gasteiger partial charge in [-0.1, -0.05) is 0 Å². The maximum atomic E-state index is 12.6. The zero-order valence-corrected chi connectivity index (χ0v) is 15.6. The van der Waals surface area contributed by atoms with Gasteiger partial charge >= 0.3 is 11.8 Å². The average molecular weight is 368 g/mol. The highest BCUT2D eigenvalue weighted by Crippen LogP contribution is 2.26. The van der Waals surface area contributed by atoms with Crippen molar-refractivity contribution in [1.82, 2.24) is 24.0 Å². The van der Waals surface area contributed by atoms with E-state index in [2.05, 4.69) is 9.97 Å². The Hall–Kier alpha value is -2.09. The van der Waals surface area contributed by atoms with Gasteiger partial charge in [-0.05, 0) is 45.2 Å². The second-order valence-corrected chi connectivity index (χ2v) is 7.60. The van der Waals surface area contributed by atoms with Crippen LogP contribution in [0.15, 0.2) is 11.0 Å². The van der Waals surface area contributed by atoms with Gasteiger partial charge < -0.3 is 9.64 Å². The Kier molecular flexibility index (Phi) is 4.49. The van der Waals surface area contributed by atoms with E-state index in [0.29, 0.717) is 37.1 Å². The fourth-order valence-corrected chi connectivity index (χ4v) is 3.21. The summed E-state index contributed by atoms with van der Waals surface area (Å²) in [6, 6.07) is -0.0409. The molecule has 0 aromatic carbocycles. The van der Waals surface area contributed by atoms with Gasteiger partial charge in [-0.2, -0.15) is 4.98 Å². The highest BCUT2D eigenvalue weighted by Gasteiger charge is 2.29. The summed E-state index contributed by atoms with van der Waals surface area (Å²) in [5, 5.41) is 0.109. The first kappa shape index (κ1) is 17.7. The molecule has 0 aliphatic carbocycles. The number of amides is 1. The van der Waals surface area contributed by atoms with Gasteiger partial charge in [0.25, 0.3) is 0 Å². The van der Waals surface area contributed by atoms with Gasteiger partial charge in [0.2, 0.25) is 5.28 Å². The number of rotatable bonds is 1. The lowest BCUT2D eigenvalue weighted by molar-refractivity contribution is 0.0188. The average Bonchev–Trinajstić information content (AvgIpc) is 2.77. The first-order valence-electron chi connectivity index (χ1n) is 8.25. The van der Waals surface area contributed by atoms with Crippen LogP contribution in [0.2, 0.25) is 5.28 Å². The van der Waals surface area contributed by atoms with Gasteiger partial charge in [-0.3, -0.25) is 9.13 Å². The van der Waals surface area contributed by atoms with Crippen molar-refractivity contribution in [2.45, 2.75) is 45.3 Å². The van der Waals surface area contributed by atoms with Crippen LogP contribution in [0.4, 0.5) is 4.79 Å². The number of hydrogen-bond acceptors (Lipinski definition) is 5. The van der Waals surface area contributed by atoms with Crippen LogP contribution in [-0.2, 0) is 11.8 Å². The lowest BCUT2D eigenvalue weighted by Gasteiger charge is -2.33. The topological polar surface area (TPSA) is 82.2 Å². The van der Waals surface area contributed by atoms with E-state index in [0.717, 1.165) is 0 Å². The van der Waals surface area contributed by atoms with E-state index in [4.69, 9.17) is 16.3 Å². The van der Waals surface area contributed by atoms with E-state index in [1.807, 2.05) is 20.8 Å². The minimum absolute atomic E-state index is 0.0409. The maximum Gasteiger partial charge on any atom is 0.410 e. The molecule has 25 heavy (non-hydrogen) atoms. The number of ether oxygens (including phenoxy) is 1. The largest absolute Gasteiger partial charge is 0.444 e. The molecule has 1 amide bonds. The number of carbonyl (C=O) groups excluding carboxylic acids is 1. The quantitative estimate of drug-likeness (QED) is 0.722. The standard InChI is InChI=1S/C16H22ClN5O3/c1-16(2,3)25-15(24)21-7-5-10(6-8-21)22-12-11(20(4)14(22)23)9-18-13(17)19-12/h9-10H,5-8H2,1-4H3. The molecule has 8 nitrogen and oxygen atoms in total. The summed E-state index contributed by atoms with van der Waals surface area (Å²) in [7, 11) is 1.69. The molecule has 0 spiro atoms. The third-order valence-corrected chi connectivity index (χ3v) is 4.47. The molecule has 1 fully saturated rings. The molecule has 2 aromatic rings. The first-order valence-corrected chi connectivity index (χ1v) is 8.62. The molecule has 1 aliphatic heterocycles. The van der Waals surface area contributed by atoms with Gasteiger partial charge in [0, 0.05) is 26.2 Å². The highest BCUT2D eigenvalue weighted by molar-refractivity contribution is 6.28. The Morgan fingerprint density at radius 3 is 2.56 bits per heavy atom. The van der Waals surface area contributed by atoms with Gasteiger partial charge in [0.1, 0.15) is 11.1 Å². The molecule has 3 rings (SSSR count). The highest BCUT2D eigenvalue weighted by atomic mass is 35.5. The van der Waals surface area contributed by atoms with Crippen molar-refractivity contribution in [1.29, 1.82) is 0 Å². The van der Waals surface area contributed by atoms with Gasteiger partial charge in [0.15, 0.2) is 5.65 Å². The van der Waals surface area contributed by atoms with Gasteiger partial charge in [-0.25, -0.2) is 14.6 Å². The molecule has 0 atom stereocenters. The molecule has 136 valence electrons. The third kappa shape index (κ3) is 3.49. The van der Waals surface area contributed by atoms with Crippen LogP contribution in [0.25, 0.3) is 11.2 Å². The second-order valence-electron chi connectivity index (χ2n) is 7.26. The summed E-state index contributed by atoms with van der Waals surface area (Å²) in [6.07, 6.45) is 2.54. The Labute approximate surface area is 150 Å². The van der Waals surface area contributed by atoms with Crippen LogP contribution < -0.4 is 5.69 Å². The van der Waals surface area contributed by atoms with Crippen LogP contribution in [0, 0.1) is 0 Å². The predicted octanol–water partition coefficient (Wildman–Crippen LogP) is 2.36. The molecular formula is C16H22ClN5O3. The SMILES string of the molecule is Cn1c(=O)n(C2CCN(C(=O)OC(C)(C)C)CC2)c2nc(Cl)ncc21. The van der Waals surface area contributed by atoms with Crippen LogP contribution >= 0.6 is 11.6 Å². The summed E-state index contributed by atoms with van der Waals surface area (Å²) in [6.45, 7) is 6.59.